The van der Waals surface area contributed by atoms with Crippen molar-refractivity contribution in [2.24, 2.45) is 5.92 Å². The quantitative estimate of drug-likeness (QED) is 0.724. The molecule has 2 N–H and O–H groups in total. The van der Waals surface area contributed by atoms with Crippen LogP contribution >= 0.6 is 0 Å². The topological polar surface area (TPSA) is 58.2 Å². The normalized spacial score (nSPS) is 26.4. The molecule has 0 bridgehead atoms. The molecule has 1 saturated heterocycles. The van der Waals surface area contributed by atoms with E-state index < -0.39 is 0 Å². The van der Waals surface area contributed by atoms with E-state index in [4.69, 9.17) is 0 Å². The van der Waals surface area contributed by atoms with Gasteiger partial charge in [0.1, 0.15) is 12.1 Å². The molecule has 1 rings (SSSR count). The van der Waals surface area contributed by atoms with Crippen molar-refractivity contribution in [1.82, 2.24) is 10.6 Å². The van der Waals surface area contributed by atoms with Crippen LogP contribution in [0.4, 0.5) is 0 Å². The van der Waals surface area contributed by atoms with Gasteiger partial charge in [-0.1, -0.05) is 33.6 Å². The highest BCUT2D eigenvalue weighted by Crippen LogP contribution is 2.10. The van der Waals surface area contributed by atoms with Gasteiger partial charge in [0.05, 0.1) is 0 Å². The number of rotatable bonds is 4. The van der Waals surface area contributed by atoms with Gasteiger partial charge in [-0.2, -0.15) is 0 Å². The van der Waals surface area contributed by atoms with Gasteiger partial charge in [-0.3, -0.25) is 9.59 Å². The Hall–Kier alpha value is -1.06. The zero-order valence-corrected chi connectivity index (χ0v) is 9.67. The van der Waals surface area contributed by atoms with Crippen molar-refractivity contribution in [3.05, 3.63) is 0 Å². The Kier molecular flexibility index (Phi) is 4.12. The first-order valence-corrected chi connectivity index (χ1v) is 5.67. The molecule has 0 saturated carbocycles. The molecule has 0 unspecified atom stereocenters. The summed E-state index contributed by atoms with van der Waals surface area (Å²) in [6.07, 6.45) is 2.73. The van der Waals surface area contributed by atoms with Gasteiger partial charge in [-0.05, 0) is 12.3 Å². The lowest BCUT2D eigenvalue weighted by molar-refractivity contribution is -0.138. The van der Waals surface area contributed by atoms with Crippen LogP contribution < -0.4 is 10.6 Å². The van der Waals surface area contributed by atoms with E-state index >= 15 is 0 Å². The van der Waals surface area contributed by atoms with Crippen LogP contribution in [0, 0.1) is 5.92 Å². The molecule has 86 valence electrons. The predicted octanol–water partition coefficient (Wildman–Crippen LogP) is 0.816. The number of hydrogen-bond acceptors (Lipinski definition) is 2. The lowest BCUT2D eigenvalue weighted by atomic mass is 9.98. The largest absolute Gasteiger partial charge is 0.343 e. The van der Waals surface area contributed by atoms with E-state index in [1.54, 1.807) is 0 Å². The third-order valence-electron chi connectivity index (χ3n) is 2.73. The zero-order chi connectivity index (χ0) is 11.4. The second kappa shape index (κ2) is 5.14. The molecule has 0 aliphatic carbocycles. The molecule has 2 amide bonds. The fourth-order valence-corrected chi connectivity index (χ4v) is 1.73. The third-order valence-corrected chi connectivity index (χ3v) is 2.73. The van der Waals surface area contributed by atoms with Crippen LogP contribution in [0.1, 0.15) is 40.0 Å². The second-order valence-corrected chi connectivity index (χ2v) is 4.43. The molecule has 0 radical (unpaired) electrons. The van der Waals surface area contributed by atoms with Gasteiger partial charge in [0.25, 0.3) is 0 Å². The lowest BCUT2D eigenvalue weighted by Crippen LogP contribution is -2.63. The van der Waals surface area contributed by atoms with Crippen LogP contribution in [0.15, 0.2) is 0 Å². The number of carbonyl (C=O) groups excluding carboxylic acids is 2. The maximum Gasteiger partial charge on any atom is 0.243 e. The molecule has 15 heavy (non-hydrogen) atoms. The van der Waals surface area contributed by atoms with Gasteiger partial charge in [-0.15, -0.1) is 0 Å². The first-order chi connectivity index (χ1) is 7.06. The van der Waals surface area contributed by atoms with Crippen molar-refractivity contribution in [3.63, 3.8) is 0 Å². The van der Waals surface area contributed by atoms with Gasteiger partial charge < -0.3 is 10.6 Å². The minimum Gasteiger partial charge on any atom is -0.343 e. The van der Waals surface area contributed by atoms with Gasteiger partial charge in [-0.25, -0.2) is 0 Å². The smallest absolute Gasteiger partial charge is 0.243 e. The minimum atomic E-state index is -0.365. The Labute approximate surface area is 90.8 Å². The average Bonchev–Trinajstić information content (AvgIpc) is 2.18. The summed E-state index contributed by atoms with van der Waals surface area (Å²) in [5.41, 5.74) is 0. The summed E-state index contributed by atoms with van der Waals surface area (Å²) in [7, 11) is 0. The number of nitrogens with one attached hydrogen (secondary N) is 2. The maximum absolute atomic E-state index is 11.6. The van der Waals surface area contributed by atoms with E-state index in [0.29, 0.717) is 0 Å². The fraction of sp³-hybridized carbons (Fsp3) is 0.818. The van der Waals surface area contributed by atoms with Crippen LogP contribution in [-0.4, -0.2) is 23.9 Å². The molecule has 0 aromatic carbocycles. The average molecular weight is 212 g/mol. The van der Waals surface area contributed by atoms with Crippen molar-refractivity contribution >= 4 is 11.8 Å². The molecule has 1 fully saturated rings. The van der Waals surface area contributed by atoms with E-state index in [1.165, 1.54) is 0 Å². The standard InChI is InChI=1S/C11H20N2O2/c1-4-5-6-8-10(14)13-9(7(2)3)11(15)12-8/h7-9H,4-6H2,1-3H3,(H,12,15)(H,13,14)/t8-,9+/m0/s1. The Balaban J connectivity index is 2.55. The van der Waals surface area contributed by atoms with Crippen molar-refractivity contribution in [1.29, 1.82) is 0 Å². The molecule has 0 aromatic heterocycles. The third kappa shape index (κ3) is 2.94. The summed E-state index contributed by atoms with van der Waals surface area (Å²) in [6, 6.07) is -0.692. The maximum atomic E-state index is 11.6. The van der Waals surface area contributed by atoms with Gasteiger partial charge >= 0.3 is 0 Å². The fourth-order valence-electron chi connectivity index (χ4n) is 1.73. The van der Waals surface area contributed by atoms with Crippen molar-refractivity contribution in [2.45, 2.75) is 52.1 Å². The Bertz CT molecular complexity index is 251. The molecule has 0 spiro atoms. The van der Waals surface area contributed by atoms with Crippen molar-refractivity contribution in [2.75, 3.05) is 0 Å². The molecule has 1 heterocycles. The first kappa shape index (κ1) is 12.0. The van der Waals surface area contributed by atoms with Crippen molar-refractivity contribution < 1.29 is 9.59 Å². The van der Waals surface area contributed by atoms with Crippen LogP contribution in [-0.2, 0) is 9.59 Å². The van der Waals surface area contributed by atoms with Crippen LogP contribution in [0.25, 0.3) is 0 Å². The predicted molar refractivity (Wildman–Crippen MR) is 58.2 cm³/mol. The molecular formula is C11H20N2O2. The zero-order valence-electron chi connectivity index (χ0n) is 9.67. The van der Waals surface area contributed by atoms with Crippen LogP contribution in [0.3, 0.4) is 0 Å². The van der Waals surface area contributed by atoms with Crippen LogP contribution in [0.5, 0.6) is 0 Å². The SMILES string of the molecule is CCCC[C@@H]1NC(=O)[C@@H](C(C)C)NC1=O. The van der Waals surface area contributed by atoms with E-state index in [2.05, 4.69) is 17.6 Å². The number of piperazine rings is 1. The van der Waals surface area contributed by atoms with Gasteiger partial charge in [0.15, 0.2) is 0 Å². The Morgan fingerprint density at radius 2 is 1.87 bits per heavy atom. The highest BCUT2D eigenvalue weighted by molar-refractivity contribution is 5.96. The molecule has 1 aliphatic heterocycles. The molecule has 2 atom stereocenters. The lowest BCUT2D eigenvalue weighted by Gasteiger charge is -2.31. The first-order valence-electron chi connectivity index (χ1n) is 5.67. The monoisotopic (exact) mass is 212 g/mol. The summed E-state index contributed by atoms with van der Waals surface area (Å²) in [6.45, 7) is 5.92. The summed E-state index contributed by atoms with van der Waals surface area (Å²) < 4.78 is 0. The number of amides is 2. The minimum absolute atomic E-state index is 0.0400. The number of unbranched alkanes of at least 4 members (excludes halogenated alkanes) is 1. The van der Waals surface area contributed by atoms with Gasteiger partial charge in [0, 0.05) is 0 Å². The molecule has 0 aromatic rings. The van der Waals surface area contributed by atoms with Gasteiger partial charge in [0.2, 0.25) is 11.8 Å². The van der Waals surface area contributed by atoms with Crippen molar-refractivity contribution in [3.8, 4) is 0 Å². The molecular weight excluding hydrogens is 192 g/mol. The van der Waals surface area contributed by atoms with E-state index in [1.807, 2.05) is 13.8 Å². The number of carbonyl (C=O) groups is 2. The van der Waals surface area contributed by atoms with Crippen LogP contribution in [0.2, 0.25) is 0 Å². The summed E-state index contributed by atoms with van der Waals surface area (Å²) in [5.74, 6) is 0.0496. The summed E-state index contributed by atoms with van der Waals surface area (Å²) >= 11 is 0. The highest BCUT2D eigenvalue weighted by atomic mass is 16.2. The van der Waals surface area contributed by atoms with E-state index in [9.17, 15) is 9.59 Å². The molecule has 4 heteroatoms. The number of hydrogen-bond donors (Lipinski definition) is 2. The summed E-state index contributed by atoms with van der Waals surface area (Å²) in [4.78, 5) is 23.3. The van der Waals surface area contributed by atoms with E-state index in [0.717, 1.165) is 19.3 Å². The second-order valence-electron chi connectivity index (χ2n) is 4.43. The Morgan fingerprint density at radius 3 is 2.40 bits per heavy atom. The molecule has 4 nitrogen and oxygen atoms in total. The highest BCUT2D eigenvalue weighted by Gasteiger charge is 2.34. The molecule has 1 aliphatic rings. The van der Waals surface area contributed by atoms with E-state index in [-0.39, 0.29) is 29.8 Å². The summed E-state index contributed by atoms with van der Waals surface area (Å²) in [5, 5.41) is 5.55. The Morgan fingerprint density at radius 1 is 1.20 bits per heavy atom.